The zero-order valence-corrected chi connectivity index (χ0v) is 7.26. The van der Waals surface area contributed by atoms with Crippen LogP contribution in [0.25, 0.3) is 0 Å². The largest absolute Gasteiger partial charge is 0.473 e. The maximum Gasteiger partial charge on any atom is 0.171 e. The first kappa shape index (κ1) is 8.05. The van der Waals surface area contributed by atoms with Crippen molar-refractivity contribution in [3.63, 3.8) is 0 Å². The third kappa shape index (κ3) is 1.47. The van der Waals surface area contributed by atoms with E-state index in [1.54, 1.807) is 6.08 Å². The van der Waals surface area contributed by atoms with Gasteiger partial charge < -0.3 is 4.74 Å². The summed E-state index contributed by atoms with van der Waals surface area (Å²) in [5.74, 6) is 0. The number of hydrogen-bond donors (Lipinski definition) is 0. The Morgan fingerprint density at radius 1 is 1.31 bits per heavy atom. The van der Waals surface area contributed by atoms with Crippen molar-refractivity contribution in [2.75, 3.05) is 0 Å². The number of nitrogens with zero attached hydrogens (tertiary/aromatic N) is 1. The van der Waals surface area contributed by atoms with Crippen LogP contribution < -0.4 is 0 Å². The SMILES string of the molecule is C=CC1N=COC1c1ccccc1. The third-order valence-electron chi connectivity index (χ3n) is 2.12. The van der Waals surface area contributed by atoms with Crippen molar-refractivity contribution >= 4 is 6.40 Å². The first-order valence-electron chi connectivity index (χ1n) is 4.26. The second kappa shape index (κ2) is 3.44. The molecule has 0 amide bonds. The minimum absolute atomic E-state index is 0.0127. The van der Waals surface area contributed by atoms with Gasteiger partial charge in [-0.25, -0.2) is 4.99 Å². The van der Waals surface area contributed by atoms with Crippen LogP contribution in [0.1, 0.15) is 11.7 Å². The molecule has 0 radical (unpaired) electrons. The average molecular weight is 173 g/mol. The van der Waals surface area contributed by atoms with Crippen LogP contribution in [0.2, 0.25) is 0 Å². The van der Waals surface area contributed by atoms with Gasteiger partial charge in [0.25, 0.3) is 0 Å². The van der Waals surface area contributed by atoms with Crippen LogP contribution in [0, 0.1) is 0 Å². The Labute approximate surface area is 77.6 Å². The fourth-order valence-electron chi connectivity index (χ4n) is 1.43. The van der Waals surface area contributed by atoms with E-state index >= 15 is 0 Å². The molecule has 2 rings (SSSR count). The van der Waals surface area contributed by atoms with Gasteiger partial charge in [-0.3, -0.25) is 0 Å². The van der Waals surface area contributed by atoms with Crippen LogP contribution in [0.3, 0.4) is 0 Å². The average Bonchev–Trinajstić information content (AvgIpc) is 2.67. The molecule has 1 heterocycles. The van der Waals surface area contributed by atoms with Crippen LogP contribution in [0.4, 0.5) is 0 Å². The molecular weight excluding hydrogens is 162 g/mol. The van der Waals surface area contributed by atoms with Gasteiger partial charge >= 0.3 is 0 Å². The predicted molar refractivity (Wildman–Crippen MR) is 52.7 cm³/mol. The van der Waals surface area contributed by atoms with Gasteiger partial charge in [0.2, 0.25) is 0 Å². The lowest BCUT2D eigenvalue weighted by Crippen LogP contribution is -2.10. The highest BCUT2D eigenvalue weighted by atomic mass is 16.5. The van der Waals surface area contributed by atoms with Crippen molar-refractivity contribution < 1.29 is 4.74 Å². The third-order valence-corrected chi connectivity index (χ3v) is 2.12. The summed E-state index contributed by atoms with van der Waals surface area (Å²) in [5.41, 5.74) is 1.14. The molecule has 1 aliphatic rings. The van der Waals surface area contributed by atoms with E-state index in [4.69, 9.17) is 4.74 Å². The van der Waals surface area contributed by atoms with E-state index in [-0.39, 0.29) is 12.1 Å². The van der Waals surface area contributed by atoms with Gasteiger partial charge in [-0.15, -0.1) is 6.58 Å². The van der Waals surface area contributed by atoms with Crippen LogP contribution in [0.15, 0.2) is 48.0 Å². The standard InChI is InChI=1S/C11H11NO/c1-2-10-11(13-8-12-10)9-6-4-3-5-7-9/h2-8,10-11H,1H2. The van der Waals surface area contributed by atoms with E-state index in [9.17, 15) is 0 Å². The minimum Gasteiger partial charge on any atom is -0.473 e. The molecule has 0 aliphatic carbocycles. The van der Waals surface area contributed by atoms with E-state index in [2.05, 4.69) is 11.6 Å². The highest BCUT2D eigenvalue weighted by molar-refractivity contribution is 5.52. The quantitative estimate of drug-likeness (QED) is 0.629. The fourth-order valence-corrected chi connectivity index (χ4v) is 1.43. The van der Waals surface area contributed by atoms with Gasteiger partial charge in [0.05, 0.1) is 0 Å². The summed E-state index contributed by atoms with van der Waals surface area (Å²) in [7, 11) is 0. The van der Waals surface area contributed by atoms with Gasteiger partial charge in [-0.2, -0.15) is 0 Å². The zero-order valence-electron chi connectivity index (χ0n) is 7.26. The first-order valence-corrected chi connectivity index (χ1v) is 4.26. The lowest BCUT2D eigenvalue weighted by Gasteiger charge is -2.13. The number of ether oxygens (including phenoxy) is 1. The van der Waals surface area contributed by atoms with E-state index in [0.29, 0.717) is 0 Å². The molecule has 2 heteroatoms. The highest BCUT2D eigenvalue weighted by Crippen LogP contribution is 2.26. The first-order chi connectivity index (χ1) is 6.42. The molecule has 0 saturated heterocycles. The molecule has 1 aromatic carbocycles. The van der Waals surface area contributed by atoms with Gasteiger partial charge in [0.15, 0.2) is 12.5 Å². The highest BCUT2D eigenvalue weighted by Gasteiger charge is 2.24. The molecule has 2 unspecified atom stereocenters. The summed E-state index contributed by atoms with van der Waals surface area (Å²) < 4.78 is 5.38. The van der Waals surface area contributed by atoms with Crippen molar-refractivity contribution in [3.8, 4) is 0 Å². The summed E-state index contributed by atoms with van der Waals surface area (Å²) in [6.45, 7) is 3.72. The molecule has 2 nitrogen and oxygen atoms in total. The van der Waals surface area contributed by atoms with Crippen LogP contribution in [-0.4, -0.2) is 12.4 Å². The van der Waals surface area contributed by atoms with Crippen molar-refractivity contribution in [2.24, 2.45) is 4.99 Å². The summed E-state index contributed by atoms with van der Waals surface area (Å²) in [6.07, 6.45) is 3.32. The van der Waals surface area contributed by atoms with E-state index in [1.807, 2.05) is 30.3 Å². The Balaban J connectivity index is 2.23. The zero-order chi connectivity index (χ0) is 9.10. The molecule has 0 spiro atoms. The Hall–Kier alpha value is -1.57. The minimum atomic E-state index is 0.0127. The van der Waals surface area contributed by atoms with Gasteiger partial charge in [0.1, 0.15) is 6.04 Å². The molecule has 0 fully saturated rings. The van der Waals surface area contributed by atoms with E-state index in [0.717, 1.165) is 5.56 Å². The van der Waals surface area contributed by atoms with Crippen molar-refractivity contribution in [1.29, 1.82) is 0 Å². The molecule has 1 aromatic rings. The number of benzene rings is 1. The second-order valence-electron chi connectivity index (χ2n) is 2.95. The second-order valence-corrected chi connectivity index (χ2v) is 2.95. The summed E-state index contributed by atoms with van der Waals surface area (Å²) >= 11 is 0. The fraction of sp³-hybridized carbons (Fsp3) is 0.182. The van der Waals surface area contributed by atoms with Gasteiger partial charge in [0, 0.05) is 0 Å². The predicted octanol–water partition coefficient (Wildman–Crippen LogP) is 2.34. The molecule has 0 bridgehead atoms. The number of hydrogen-bond acceptors (Lipinski definition) is 2. The van der Waals surface area contributed by atoms with Crippen LogP contribution in [0.5, 0.6) is 0 Å². The Kier molecular flexibility index (Phi) is 2.13. The summed E-state index contributed by atoms with van der Waals surface area (Å²) in [6, 6.07) is 10.1. The van der Waals surface area contributed by atoms with Crippen molar-refractivity contribution in [1.82, 2.24) is 0 Å². The Morgan fingerprint density at radius 3 is 2.77 bits per heavy atom. The van der Waals surface area contributed by atoms with Crippen LogP contribution >= 0.6 is 0 Å². The lowest BCUT2D eigenvalue weighted by molar-refractivity contribution is 0.219. The maximum atomic E-state index is 5.38. The molecule has 0 saturated carbocycles. The number of rotatable bonds is 2. The maximum absolute atomic E-state index is 5.38. The molecule has 2 atom stereocenters. The molecular formula is C11H11NO. The molecule has 0 aromatic heterocycles. The van der Waals surface area contributed by atoms with E-state index in [1.165, 1.54) is 6.40 Å². The summed E-state index contributed by atoms with van der Waals surface area (Å²) in [4.78, 5) is 4.15. The Morgan fingerprint density at radius 2 is 2.08 bits per heavy atom. The van der Waals surface area contributed by atoms with Crippen LogP contribution in [-0.2, 0) is 4.74 Å². The summed E-state index contributed by atoms with van der Waals surface area (Å²) in [5, 5.41) is 0. The van der Waals surface area contributed by atoms with Gasteiger partial charge in [-0.1, -0.05) is 36.4 Å². The molecule has 66 valence electrons. The smallest absolute Gasteiger partial charge is 0.171 e. The number of aliphatic imine (C=N–C) groups is 1. The monoisotopic (exact) mass is 173 g/mol. The van der Waals surface area contributed by atoms with Crippen molar-refractivity contribution in [3.05, 3.63) is 48.6 Å². The Bertz CT molecular complexity index is 318. The van der Waals surface area contributed by atoms with Gasteiger partial charge in [-0.05, 0) is 5.56 Å². The molecule has 1 aliphatic heterocycles. The lowest BCUT2D eigenvalue weighted by atomic mass is 10.0. The van der Waals surface area contributed by atoms with E-state index < -0.39 is 0 Å². The topological polar surface area (TPSA) is 21.6 Å². The van der Waals surface area contributed by atoms with Crippen molar-refractivity contribution in [2.45, 2.75) is 12.1 Å². The molecule has 13 heavy (non-hydrogen) atoms. The normalized spacial score (nSPS) is 25.5. The molecule has 0 N–H and O–H groups in total.